The van der Waals surface area contributed by atoms with Gasteiger partial charge in [0.25, 0.3) is 5.91 Å². The first-order valence-corrected chi connectivity index (χ1v) is 11.6. The second-order valence-corrected chi connectivity index (χ2v) is 8.61. The highest BCUT2D eigenvalue weighted by molar-refractivity contribution is 5.92. The SMILES string of the molecule is CCCNC(=O)C1(Cc2ccccc2-c2ccncc2)CCN(C(=O)c2ccccn2)CC1. The van der Waals surface area contributed by atoms with Crippen molar-refractivity contribution in [1.82, 2.24) is 20.2 Å². The molecule has 33 heavy (non-hydrogen) atoms. The summed E-state index contributed by atoms with van der Waals surface area (Å²) in [5.41, 5.74) is 3.24. The minimum Gasteiger partial charge on any atom is -0.356 e. The Balaban J connectivity index is 1.59. The van der Waals surface area contributed by atoms with Crippen molar-refractivity contribution in [3.63, 3.8) is 0 Å². The monoisotopic (exact) mass is 442 g/mol. The maximum atomic E-state index is 13.4. The molecule has 1 fully saturated rings. The van der Waals surface area contributed by atoms with Crippen LogP contribution in [0.4, 0.5) is 0 Å². The standard InChI is InChI=1S/C27H30N4O2/c1-2-14-30-26(33)27(12-18-31(19-13-27)25(32)24-9-5-6-15-29-24)20-22-7-3-4-8-23(22)21-10-16-28-17-11-21/h3-11,15-17H,2,12-14,18-20H2,1H3,(H,30,33). The van der Waals surface area contributed by atoms with Gasteiger partial charge >= 0.3 is 0 Å². The summed E-state index contributed by atoms with van der Waals surface area (Å²) in [6.45, 7) is 3.78. The molecule has 1 aliphatic heterocycles. The molecule has 0 spiro atoms. The number of amides is 2. The van der Waals surface area contributed by atoms with Crippen LogP contribution in [0.2, 0.25) is 0 Å². The Hall–Kier alpha value is -3.54. The van der Waals surface area contributed by atoms with Crippen molar-refractivity contribution in [3.05, 3.63) is 84.4 Å². The van der Waals surface area contributed by atoms with E-state index in [1.165, 1.54) is 0 Å². The molecule has 0 radical (unpaired) electrons. The zero-order chi connectivity index (χ0) is 23.1. The van der Waals surface area contributed by atoms with Gasteiger partial charge in [-0.1, -0.05) is 37.3 Å². The number of rotatable bonds is 7. The normalized spacial score (nSPS) is 15.1. The highest BCUT2D eigenvalue weighted by Crippen LogP contribution is 2.38. The van der Waals surface area contributed by atoms with E-state index in [0.29, 0.717) is 44.6 Å². The Morgan fingerprint density at radius 3 is 2.39 bits per heavy atom. The summed E-state index contributed by atoms with van der Waals surface area (Å²) in [4.78, 5) is 36.5. The number of nitrogens with one attached hydrogen (secondary N) is 1. The maximum Gasteiger partial charge on any atom is 0.272 e. The number of likely N-dealkylation sites (tertiary alicyclic amines) is 1. The predicted molar refractivity (Wildman–Crippen MR) is 128 cm³/mol. The van der Waals surface area contributed by atoms with Crippen molar-refractivity contribution >= 4 is 11.8 Å². The largest absolute Gasteiger partial charge is 0.356 e. The number of nitrogens with zero attached hydrogens (tertiary/aromatic N) is 3. The minimum atomic E-state index is -0.556. The highest BCUT2D eigenvalue weighted by Gasteiger charge is 2.42. The van der Waals surface area contributed by atoms with Gasteiger partial charge in [0.2, 0.25) is 5.91 Å². The summed E-state index contributed by atoms with van der Waals surface area (Å²) in [6.07, 6.45) is 7.97. The zero-order valence-corrected chi connectivity index (χ0v) is 19.0. The van der Waals surface area contributed by atoms with Gasteiger partial charge in [0.15, 0.2) is 0 Å². The molecule has 6 nitrogen and oxygen atoms in total. The fourth-order valence-corrected chi connectivity index (χ4v) is 4.55. The first-order chi connectivity index (χ1) is 16.1. The first kappa shape index (κ1) is 22.6. The van der Waals surface area contributed by atoms with Crippen LogP contribution >= 0.6 is 0 Å². The van der Waals surface area contributed by atoms with Crippen LogP contribution in [0, 0.1) is 5.41 Å². The summed E-state index contributed by atoms with van der Waals surface area (Å²) in [7, 11) is 0. The molecule has 0 bridgehead atoms. The average molecular weight is 443 g/mol. The van der Waals surface area contributed by atoms with E-state index >= 15 is 0 Å². The molecule has 3 heterocycles. The molecule has 0 saturated carbocycles. The lowest BCUT2D eigenvalue weighted by Gasteiger charge is -2.41. The summed E-state index contributed by atoms with van der Waals surface area (Å²) in [5.74, 6) is 0.00849. The third-order valence-corrected chi connectivity index (χ3v) is 6.45. The fraction of sp³-hybridized carbons (Fsp3) is 0.333. The predicted octanol–water partition coefficient (Wildman–Crippen LogP) is 4.13. The van der Waals surface area contributed by atoms with Crippen LogP contribution in [0.3, 0.4) is 0 Å². The Bertz CT molecular complexity index is 1080. The van der Waals surface area contributed by atoms with Gasteiger partial charge in [-0.3, -0.25) is 19.6 Å². The minimum absolute atomic E-state index is 0.0737. The topological polar surface area (TPSA) is 75.2 Å². The van der Waals surface area contributed by atoms with Crippen molar-refractivity contribution in [3.8, 4) is 11.1 Å². The molecule has 2 aromatic heterocycles. The second-order valence-electron chi connectivity index (χ2n) is 8.61. The van der Waals surface area contributed by atoms with Crippen LogP contribution in [0.5, 0.6) is 0 Å². The van der Waals surface area contributed by atoms with E-state index in [0.717, 1.165) is 23.1 Å². The molecule has 4 rings (SSSR count). The fourth-order valence-electron chi connectivity index (χ4n) is 4.55. The Kier molecular flexibility index (Phi) is 7.13. The van der Waals surface area contributed by atoms with Gasteiger partial charge in [0.05, 0.1) is 5.41 Å². The number of hydrogen-bond acceptors (Lipinski definition) is 4. The van der Waals surface area contributed by atoms with Crippen LogP contribution in [0.15, 0.2) is 73.2 Å². The quantitative estimate of drug-likeness (QED) is 0.597. The third kappa shape index (κ3) is 5.11. The van der Waals surface area contributed by atoms with Gasteiger partial charge in [-0.2, -0.15) is 0 Å². The molecule has 1 saturated heterocycles. The molecular formula is C27H30N4O2. The van der Waals surface area contributed by atoms with Gasteiger partial charge in [-0.15, -0.1) is 0 Å². The lowest BCUT2D eigenvalue weighted by molar-refractivity contribution is -0.133. The number of carbonyl (C=O) groups excluding carboxylic acids is 2. The molecule has 1 aromatic carbocycles. The molecule has 3 aromatic rings. The van der Waals surface area contributed by atoms with Gasteiger partial charge < -0.3 is 10.2 Å². The van der Waals surface area contributed by atoms with E-state index in [-0.39, 0.29) is 11.8 Å². The molecule has 0 aliphatic carbocycles. The van der Waals surface area contributed by atoms with Crippen LogP contribution in [0.1, 0.15) is 42.2 Å². The number of carbonyl (C=O) groups is 2. The molecule has 170 valence electrons. The second kappa shape index (κ2) is 10.4. The lowest BCUT2D eigenvalue weighted by atomic mass is 9.72. The van der Waals surface area contributed by atoms with Crippen LogP contribution in [-0.4, -0.2) is 46.3 Å². The number of piperidine rings is 1. The lowest BCUT2D eigenvalue weighted by Crippen LogP contribution is -2.51. The van der Waals surface area contributed by atoms with Gasteiger partial charge in [0, 0.05) is 38.2 Å². The molecule has 6 heteroatoms. The van der Waals surface area contributed by atoms with Gasteiger partial charge in [0.1, 0.15) is 5.69 Å². The number of benzene rings is 1. The van der Waals surface area contributed by atoms with E-state index in [2.05, 4.69) is 34.3 Å². The van der Waals surface area contributed by atoms with Crippen molar-refractivity contribution < 1.29 is 9.59 Å². The summed E-state index contributed by atoms with van der Waals surface area (Å²) in [6, 6.07) is 17.6. The Morgan fingerprint density at radius 1 is 0.970 bits per heavy atom. The van der Waals surface area contributed by atoms with Crippen LogP contribution in [0.25, 0.3) is 11.1 Å². The van der Waals surface area contributed by atoms with Crippen molar-refractivity contribution in [2.75, 3.05) is 19.6 Å². The smallest absolute Gasteiger partial charge is 0.272 e. The first-order valence-electron chi connectivity index (χ1n) is 11.6. The van der Waals surface area contributed by atoms with Crippen molar-refractivity contribution in [2.45, 2.75) is 32.6 Å². The molecule has 2 amide bonds. The average Bonchev–Trinajstić information content (AvgIpc) is 2.88. The van der Waals surface area contributed by atoms with Gasteiger partial charge in [-0.05, 0) is 66.6 Å². The van der Waals surface area contributed by atoms with Crippen molar-refractivity contribution in [2.24, 2.45) is 5.41 Å². The molecule has 1 aliphatic rings. The third-order valence-electron chi connectivity index (χ3n) is 6.45. The van der Waals surface area contributed by atoms with E-state index in [1.54, 1.807) is 30.7 Å². The van der Waals surface area contributed by atoms with E-state index in [1.807, 2.05) is 35.2 Å². The number of pyridine rings is 2. The van der Waals surface area contributed by atoms with Gasteiger partial charge in [-0.25, -0.2) is 0 Å². The maximum absolute atomic E-state index is 13.4. The van der Waals surface area contributed by atoms with Crippen molar-refractivity contribution in [1.29, 1.82) is 0 Å². The van der Waals surface area contributed by atoms with E-state index in [9.17, 15) is 9.59 Å². The van der Waals surface area contributed by atoms with E-state index in [4.69, 9.17) is 0 Å². The zero-order valence-electron chi connectivity index (χ0n) is 19.0. The Morgan fingerprint density at radius 2 is 1.70 bits per heavy atom. The van der Waals surface area contributed by atoms with E-state index < -0.39 is 5.41 Å². The van der Waals surface area contributed by atoms with Crippen LogP contribution < -0.4 is 5.32 Å². The van der Waals surface area contributed by atoms with Crippen LogP contribution in [-0.2, 0) is 11.2 Å². The summed E-state index contributed by atoms with van der Waals surface area (Å²) in [5, 5.41) is 3.13. The molecular weight excluding hydrogens is 412 g/mol. The molecule has 1 N–H and O–H groups in total. The molecule has 0 unspecified atom stereocenters. The Labute approximate surface area is 195 Å². The highest BCUT2D eigenvalue weighted by atomic mass is 16.2. The number of hydrogen-bond donors (Lipinski definition) is 1. The summed E-state index contributed by atoms with van der Waals surface area (Å²) >= 11 is 0. The molecule has 0 atom stereocenters. The number of aromatic nitrogens is 2. The summed E-state index contributed by atoms with van der Waals surface area (Å²) < 4.78 is 0.